The van der Waals surface area contributed by atoms with Gasteiger partial charge < -0.3 is 15.1 Å². The van der Waals surface area contributed by atoms with Crippen molar-refractivity contribution in [1.29, 1.82) is 0 Å². The average molecular weight is 351 g/mol. The van der Waals surface area contributed by atoms with E-state index in [1.54, 1.807) is 6.33 Å². The van der Waals surface area contributed by atoms with Crippen molar-refractivity contribution in [1.82, 2.24) is 14.9 Å². The zero-order valence-electron chi connectivity index (χ0n) is 15.1. The van der Waals surface area contributed by atoms with Crippen LogP contribution in [0.4, 0.5) is 16.3 Å². The number of aromatic nitrogens is 2. The summed E-state index contributed by atoms with van der Waals surface area (Å²) >= 11 is 0. The summed E-state index contributed by atoms with van der Waals surface area (Å²) < 4.78 is 0. The lowest BCUT2D eigenvalue weighted by Crippen LogP contribution is -2.49. The molecule has 0 atom stereocenters. The van der Waals surface area contributed by atoms with Crippen molar-refractivity contribution in [3.05, 3.63) is 48.4 Å². The van der Waals surface area contributed by atoms with Gasteiger partial charge in [0.05, 0.1) is 0 Å². The Balaban J connectivity index is 1.36. The normalized spacial score (nSPS) is 17.8. The number of hydrogen-bond donors (Lipinski definition) is 1. The predicted molar refractivity (Wildman–Crippen MR) is 102 cm³/mol. The quantitative estimate of drug-likeness (QED) is 0.916. The zero-order chi connectivity index (χ0) is 17.9. The number of urea groups is 1. The van der Waals surface area contributed by atoms with Crippen LogP contribution in [0.15, 0.2) is 42.9 Å². The molecule has 1 N–H and O–H groups in total. The van der Waals surface area contributed by atoms with Crippen LogP contribution in [-0.2, 0) is 0 Å². The molecule has 0 unspecified atom stereocenters. The number of aryl methyl sites for hydroxylation is 1. The van der Waals surface area contributed by atoms with Crippen molar-refractivity contribution in [2.75, 3.05) is 23.3 Å². The molecule has 2 aromatic rings. The number of rotatable bonds is 4. The maximum Gasteiger partial charge on any atom is 0.321 e. The minimum absolute atomic E-state index is 0.00712. The standard InChI is InChI=1S/C20H25N5O/c1-15-2-4-16(5-3-15)23-20(26)24-12-9-18(10-13-24)25(17-6-7-17)19-8-11-21-14-22-19/h2-5,8,11,14,17-18H,6-7,9-10,12-13H2,1H3,(H,23,26). The Kier molecular flexibility index (Phi) is 4.73. The van der Waals surface area contributed by atoms with E-state index in [1.807, 2.05) is 48.4 Å². The summed E-state index contributed by atoms with van der Waals surface area (Å²) in [6, 6.07) is 11.0. The van der Waals surface area contributed by atoms with Crippen LogP contribution in [0.5, 0.6) is 0 Å². The van der Waals surface area contributed by atoms with Crippen LogP contribution in [-0.4, -0.2) is 46.1 Å². The van der Waals surface area contributed by atoms with Crippen LogP contribution in [0.25, 0.3) is 0 Å². The molecule has 6 heteroatoms. The predicted octanol–water partition coefficient (Wildman–Crippen LogP) is 3.45. The van der Waals surface area contributed by atoms with E-state index in [4.69, 9.17) is 0 Å². The minimum Gasteiger partial charge on any atom is -0.350 e. The number of amides is 2. The largest absolute Gasteiger partial charge is 0.350 e. The molecule has 0 radical (unpaired) electrons. The Morgan fingerprint density at radius 1 is 1.08 bits per heavy atom. The third kappa shape index (κ3) is 3.79. The lowest BCUT2D eigenvalue weighted by molar-refractivity contribution is 0.193. The molecule has 2 amide bonds. The molecule has 2 heterocycles. The molecule has 6 nitrogen and oxygen atoms in total. The fraction of sp³-hybridized carbons (Fsp3) is 0.450. The van der Waals surface area contributed by atoms with E-state index in [2.05, 4.69) is 20.2 Å². The van der Waals surface area contributed by atoms with E-state index < -0.39 is 0 Å². The molecule has 1 aromatic heterocycles. The second-order valence-corrected chi connectivity index (χ2v) is 7.22. The van der Waals surface area contributed by atoms with Crippen LogP contribution >= 0.6 is 0 Å². The third-order valence-corrected chi connectivity index (χ3v) is 5.22. The molecular weight excluding hydrogens is 326 g/mol. The highest BCUT2D eigenvalue weighted by Crippen LogP contribution is 2.35. The van der Waals surface area contributed by atoms with Crippen LogP contribution in [0.1, 0.15) is 31.2 Å². The van der Waals surface area contributed by atoms with E-state index in [0.717, 1.165) is 37.4 Å². The van der Waals surface area contributed by atoms with Crippen LogP contribution in [0, 0.1) is 6.92 Å². The Bertz CT molecular complexity index is 737. The van der Waals surface area contributed by atoms with Gasteiger partial charge in [0.15, 0.2) is 0 Å². The van der Waals surface area contributed by atoms with E-state index >= 15 is 0 Å². The monoisotopic (exact) mass is 351 g/mol. The number of carbonyl (C=O) groups is 1. The van der Waals surface area contributed by atoms with Crippen molar-refractivity contribution < 1.29 is 4.79 Å². The molecule has 2 fully saturated rings. The van der Waals surface area contributed by atoms with Gasteiger partial charge in [-0.2, -0.15) is 0 Å². The molecule has 0 bridgehead atoms. The maximum atomic E-state index is 12.5. The Labute approximate surface area is 154 Å². The number of benzene rings is 1. The Morgan fingerprint density at radius 3 is 2.38 bits per heavy atom. The number of hydrogen-bond acceptors (Lipinski definition) is 4. The van der Waals surface area contributed by atoms with Gasteiger partial charge in [-0.25, -0.2) is 14.8 Å². The highest BCUT2D eigenvalue weighted by atomic mass is 16.2. The highest BCUT2D eigenvalue weighted by molar-refractivity contribution is 5.89. The van der Waals surface area contributed by atoms with E-state index in [-0.39, 0.29) is 6.03 Å². The number of nitrogens with zero attached hydrogens (tertiary/aromatic N) is 4. The van der Waals surface area contributed by atoms with Gasteiger partial charge in [0.25, 0.3) is 0 Å². The molecule has 1 aliphatic heterocycles. The third-order valence-electron chi connectivity index (χ3n) is 5.22. The second-order valence-electron chi connectivity index (χ2n) is 7.22. The molecule has 26 heavy (non-hydrogen) atoms. The summed E-state index contributed by atoms with van der Waals surface area (Å²) in [5, 5.41) is 3.00. The molecule has 1 saturated carbocycles. The van der Waals surface area contributed by atoms with Gasteiger partial charge in [0, 0.05) is 37.1 Å². The summed E-state index contributed by atoms with van der Waals surface area (Å²) in [7, 11) is 0. The van der Waals surface area contributed by atoms with Crippen molar-refractivity contribution in [2.45, 2.75) is 44.7 Å². The summed E-state index contributed by atoms with van der Waals surface area (Å²) in [5.74, 6) is 1.02. The fourth-order valence-electron chi connectivity index (χ4n) is 3.65. The number of nitrogens with one attached hydrogen (secondary N) is 1. The Morgan fingerprint density at radius 2 is 1.77 bits per heavy atom. The average Bonchev–Trinajstić information content (AvgIpc) is 3.50. The zero-order valence-corrected chi connectivity index (χ0v) is 15.1. The Hall–Kier alpha value is -2.63. The number of anilines is 2. The first-order valence-corrected chi connectivity index (χ1v) is 9.37. The minimum atomic E-state index is -0.00712. The van der Waals surface area contributed by atoms with Gasteiger partial charge in [-0.3, -0.25) is 0 Å². The van der Waals surface area contributed by atoms with Crippen LogP contribution in [0.2, 0.25) is 0 Å². The van der Waals surface area contributed by atoms with Gasteiger partial charge in [0.2, 0.25) is 0 Å². The summed E-state index contributed by atoms with van der Waals surface area (Å²) in [4.78, 5) is 25.4. The first-order valence-electron chi connectivity index (χ1n) is 9.37. The fourth-order valence-corrected chi connectivity index (χ4v) is 3.65. The molecule has 136 valence electrons. The van der Waals surface area contributed by atoms with Gasteiger partial charge in [0.1, 0.15) is 12.1 Å². The summed E-state index contributed by atoms with van der Waals surface area (Å²) in [5.41, 5.74) is 2.04. The number of carbonyl (C=O) groups excluding carboxylic acids is 1. The topological polar surface area (TPSA) is 61.4 Å². The van der Waals surface area contributed by atoms with Crippen molar-refractivity contribution >= 4 is 17.5 Å². The summed E-state index contributed by atoms with van der Waals surface area (Å²) in [6.07, 6.45) is 7.84. The first kappa shape index (κ1) is 16.8. The maximum absolute atomic E-state index is 12.5. The van der Waals surface area contributed by atoms with Crippen molar-refractivity contribution in [2.24, 2.45) is 0 Å². The van der Waals surface area contributed by atoms with Gasteiger partial charge >= 0.3 is 6.03 Å². The molecule has 1 aromatic carbocycles. The van der Waals surface area contributed by atoms with Crippen LogP contribution < -0.4 is 10.2 Å². The van der Waals surface area contributed by atoms with Gasteiger partial charge in [-0.05, 0) is 50.8 Å². The lowest BCUT2D eigenvalue weighted by atomic mass is 10.0. The molecular formula is C20H25N5O. The molecule has 1 aliphatic carbocycles. The van der Waals surface area contributed by atoms with E-state index in [1.165, 1.54) is 18.4 Å². The van der Waals surface area contributed by atoms with Crippen LogP contribution in [0.3, 0.4) is 0 Å². The smallest absolute Gasteiger partial charge is 0.321 e. The number of piperidine rings is 1. The number of likely N-dealkylation sites (tertiary alicyclic amines) is 1. The first-order chi connectivity index (χ1) is 12.7. The SMILES string of the molecule is Cc1ccc(NC(=O)N2CCC(N(c3ccncn3)C3CC3)CC2)cc1. The van der Waals surface area contributed by atoms with E-state index in [0.29, 0.717) is 12.1 Å². The molecule has 0 spiro atoms. The molecule has 4 rings (SSSR count). The molecule has 2 aliphatic rings. The highest BCUT2D eigenvalue weighted by Gasteiger charge is 2.36. The van der Waals surface area contributed by atoms with Gasteiger partial charge in [-0.15, -0.1) is 0 Å². The van der Waals surface area contributed by atoms with Gasteiger partial charge in [-0.1, -0.05) is 17.7 Å². The molecule has 1 saturated heterocycles. The van der Waals surface area contributed by atoms with E-state index in [9.17, 15) is 4.79 Å². The van der Waals surface area contributed by atoms with Crippen molar-refractivity contribution in [3.63, 3.8) is 0 Å². The summed E-state index contributed by atoms with van der Waals surface area (Å²) in [6.45, 7) is 3.59. The lowest BCUT2D eigenvalue weighted by Gasteiger charge is -2.39. The van der Waals surface area contributed by atoms with Crippen molar-refractivity contribution in [3.8, 4) is 0 Å². The second kappa shape index (κ2) is 7.32.